The molecule has 26 heavy (non-hydrogen) atoms. The number of amides is 1. The van der Waals surface area contributed by atoms with Crippen LogP contribution in [-0.4, -0.2) is 39.8 Å². The van der Waals surface area contributed by atoms with Gasteiger partial charge in [0, 0.05) is 0 Å². The molecule has 1 aromatic heterocycles. The van der Waals surface area contributed by atoms with Crippen molar-refractivity contribution in [3.05, 3.63) is 59.9 Å². The molecular formula is C18H19N5O3. The fourth-order valence-corrected chi connectivity index (χ4v) is 2.33. The Kier molecular flexibility index (Phi) is 5.43. The molecule has 8 heteroatoms. The van der Waals surface area contributed by atoms with Gasteiger partial charge in [-0.3, -0.25) is 4.79 Å². The average molecular weight is 353 g/mol. The Morgan fingerprint density at radius 1 is 1.15 bits per heavy atom. The van der Waals surface area contributed by atoms with Gasteiger partial charge in [0.05, 0.1) is 19.3 Å². The molecule has 0 aliphatic rings. The number of para-hydroxylation sites is 1. The number of tetrazole rings is 1. The number of nitrogens with zero attached hydrogens (tertiary/aromatic N) is 4. The second kappa shape index (κ2) is 8.11. The van der Waals surface area contributed by atoms with Crippen LogP contribution in [0.2, 0.25) is 0 Å². The van der Waals surface area contributed by atoms with Gasteiger partial charge in [-0.15, -0.1) is 5.10 Å². The summed E-state index contributed by atoms with van der Waals surface area (Å²) < 4.78 is 12.2. The van der Waals surface area contributed by atoms with Crippen LogP contribution in [0.5, 0.6) is 11.5 Å². The van der Waals surface area contributed by atoms with Crippen LogP contribution in [0.15, 0.2) is 48.5 Å². The van der Waals surface area contributed by atoms with Crippen LogP contribution >= 0.6 is 0 Å². The van der Waals surface area contributed by atoms with Crippen molar-refractivity contribution < 1.29 is 14.3 Å². The topological polar surface area (TPSA) is 91.2 Å². The number of aryl methyl sites for hydroxylation is 1. The Labute approximate surface area is 150 Å². The van der Waals surface area contributed by atoms with Crippen LogP contribution in [-0.2, 0) is 11.3 Å². The van der Waals surface area contributed by atoms with Crippen molar-refractivity contribution in [2.24, 2.45) is 0 Å². The van der Waals surface area contributed by atoms with E-state index in [0.29, 0.717) is 11.6 Å². The summed E-state index contributed by atoms with van der Waals surface area (Å²) in [5.74, 6) is 1.69. The van der Waals surface area contributed by atoms with Gasteiger partial charge in [0.15, 0.2) is 12.4 Å². The molecule has 0 bridgehead atoms. The van der Waals surface area contributed by atoms with E-state index in [2.05, 4.69) is 20.8 Å². The molecule has 0 aliphatic carbocycles. The van der Waals surface area contributed by atoms with Crippen LogP contribution in [0.4, 0.5) is 0 Å². The third-order valence-corrected chi connectivity index (χ3v) is 3.75. The lowest BCUT2D eigenvalue weighted by Crippen LogP contribution is -2.29. The molecule has 134 valence electrons. The van der Waals surface area contributed by atoms with Crippen LogP contribution in [0.3, 0.4) is 0 Å². The summed E-state index contributed by atoms with van der Waals surface area (Å²) in [7, 11) is 1.60. The summed E-state index contributed by atoms with van der Waals surface area (Å²) in [6, 6.07) is 14.8. The fourth-order valence-electron chi connectivity index (χ4n) is 2.33. The molecule has 1 N–H and O–H groups in total. The Morgan fingerprint density at radius 2 is 1.92 bits per heavy atom. The SMILES string of the molecule is COc1ccc(-n2nnnc2CNC(=O)COc2ccccc2C)cc1. The summed E-state index contributed by atoms with van der Waals surface area (Å²) in [6.45, 7) is 2.04. The van der Waals surface area contributed by atoms with Gasteiger partial charge in [-0.2, -0.15) is 4.68 Å². The quantitative estimate of drug-likeness (QED) is 0.695. The summed E-state index contributed by atoms with van der Waals surface area (Å²) in [5.41, 5.74) is 1.75. The van der Waals surface area contributed by atoms with Crippen molar-refractivity contribution in [2.75, 3.05) is 13.7 Å². The van der Waals surface area contributed by atoms with Gasteiger partial charge in [0.2, 0.25) is 0 Å². The molecule has 0 radical (unpaired) electrons. The number of carbonyl (C=O) groups excluding carboxylic acids is 1. The number of methoxy groups -OCH3 is 1. The molecule has 0 unspecified atom stereocenters. The Balaban J connectivity index is 1.57. The van der Waals surface area contributed by atoms with Crippen LogP contribution in [0.1, 0.15) is 11.4 Å². The van der Waals surface area contributed by atoms with Gasteiger partial charge in [0.1, 0.15) is 11.5 Å². The molecule has 3 aromatic rings. The zero-order valence-electron chi connectivity index (χ0n) is 14.5. The molecule has 0 saturated heterocycles. The molecule has 1 heterocycles. The van der Waals surface area contributed by atoms with E-state index in [-0.39, 0.29) is 19.1 Å². The van der Waals surface area contributed by atoms with E-state index in [1.54, 1.807) is 11.8 Å². The van der Waals surface area contributed by atoms with E-state index in [9.17, 15) is 4.79 Å². The third-order valence-electron chi connectivity index (χ3n) is 3.75. The zero-order valence-corrected chi connectivity index (χ0v) is 14.5. The molecule has 0 fully saturated rings. The first kappa shape index (κ1) is 17.4. The maximum atomic E-state index is 12.0. The first-order valence-electron chi connectivity index (χ1n) is 8.04. The van der Waals surface area contributed by atoms with Crippen molar-refractivity contribution in [1.82, 2.24) is 25.5 Å². The molecule has 8 nitrogen and oxygen atoms in total. The minimum atomic E-state index is -0.252. The van der Waals surface area contributed by atoms with Gasteiger partial charge in [-0.25, -0.2) is 0 Å². The molecule has 0 aliphatic heterocycles. The van der Waals surface area contributed by atoms with Crippen LogP contribution in [0, 0.1) is 6.92 Å². The minimum absolute atomic E-state index is 0.0744. The van der Waals surface area contributed by atoms with Crippen molar-refractivity contribution in [3.63, 3.8) is 0 Å². The summed E-state index contributed by atoms with van der Waals surface area (Å²) in [5, 5.41) is 14.3. The normalized spacial score (nSPS) is 10.4. The highest BCUT2D eigenvalue weighted by atomic mass is 16.5. The van der Waals surface area contributed by atoms with Gasteiger partial charge in [-0.05, 0) is 53.2 Å². The van der Waals surface area contributed by atoms with Crippen LogP contribution < -0.4 is 14.8 Å². The largest absolute Gasteiger partial charge is 0.497 e. The Morgan fingerprint density at radius 3 is 2.65 bits per heavy atom. The van der Waals surface area contributed by atoms with E-state index in [0.717, 1.165) is 17.0 Å². The first-order chi connectivity index (χ1) is 12.7. The number of aromatic nitrogens is 4. The monoisotopic (exact) mass is 353 g/mol. The Bertz CT molecular complexity index is 877. The first-order valence-corrected chi connectivity index (χ1v) is 8.04. The van der Waals surface area contributed by atoms with E-state index in [1.165, 1.54) is 0 Å². The lowest BCUT2D eigenvalue weighted by molar-refractivity contribution is -0.123. The predicted octanol–water partition coefficient (Wildman–Crippen LogP) is 1.67. The number of ether oxygens (including phenoxy) is 2. The van der Waals surface area contributed by atoms with E-state index in [1.807, 2.05) is 55.5 Å². The maximum Gasteiger partial charge on any atom is 0.258 e. The lowest BCUT2D eigenvalue weighted by atomic mass is 10.2. The number of benzene rings is 2. The number of rotatable bonds is 7. The fraction of sp³-hybridized carbons (Fsp3) is 0.222. The molecule has 2 aromatic carbocycles. The van der Waals surface area contributed by atoms with E-state index in [4.69, 9.17) is 9.47 Å². The second-order valence-corrected chi connectivity index (χ2v) is 5.54. The highest BCUT2D eigenvalue weighted by Crippen LogP contribution is 2.16. The zero-order chi connectivity index (χ0) is 18.4. The van der Waals surface area contributed by atoms with Crippen molar-refractivity contribution in [1.29, 1.82) is 0 Å². The second-order valence-electron chi connectivity index (χ2n) is 5.54. The van der Waals surface area contributed by atoms with E-state index >= 15 is 0 Å². The Hall–Kier alpha value is -3.42. The summed E-state index contributed by atoms with van der Waals surface area (Å²) in [6.07, 6.45) is 0. The average Bonchev–Trinajstić information content (AvgIpc) is 3.14. The standard InChI is InChI=1S/C18H19N5O3/c1-13-5-3-4-6-16(13)26-12-18(24)19-11-17-20-21-22-23(17)14-7-9-15(25-2)10-8-14/h3-10H,11-12H2,1-2H3,(H,19,24). The molecule has 0 saturated carbocycles. The predicted molar refractivity (Wildman–Crippen MR) is 94.2 cm³/mol. The van der Waals surface area contributed by atoms with Gasteiger partial charge < -0.3 is 14.8 Å². The van der Waals surface area contributed by atoms with E-state index < -0.39 is 0 Å². The molecule has 3 rings (SSSR count). The number of hydrogen-bond acceptors (Lipinski definition) is 6. The molecule has 1 amide bonds. The molecule has 0 spiro atoms. The summed E-state index contributed by atoms with van der Waals surface area (Å²) >= 11 is 0. The molecular weight excluding hydrogens is 334 g/mol. The maximum absolute atomic E-state index is 12.0. The highest BCUT2D eigenvalue weighted by Gasteiger charge is 2.11. The highest BCUT2D eigenvalue weighted by molar-refractivity contribution is 5.77. The van der Waals surface area contributed by atoms with Gasteiger partial charge >= 0.3 is 0 Å². The van der Waals surface area contributed by atoms with Crippen LogP contribution in [0.25, 0.3) is 5.69 Å². The van der Waals surface area contributed by atoms with Gasteiger partial charge in [-0.1, -0.05) is 18.2 Å². The van der Waals surface area contributed by atoms with Crippen molar-refractivity contribution >= 4 is 5.91 Å². The van der Waals surface area contributed by atoms with Crippen molar-refractivity contribution in [3.8, 4) is 17.2 Å². The third kappa shape index (κ3) is 4.15. The summed E-state index contributed by atoms with van der Waals surface area (Å²) in [4.78, 5) is 12.0. The smallest absolute Gasteiger partial charge is 0.258 e. The molecule has 0 atom stereocenters. The van der Waals surface area contributed by atoms with Gasteiger partial charge in [0.25, 0.3) is 5.91 Å². The number of nitrogens with one attached hydrogen (secondary N) is 1. The van der Waals surface area contributed by atoms with Crippen molar-refractivity contribution in [2.45, 2.75) is 13.5 Å². The minimum Gasteiger partial charge on any atom is -0.497 e. The lowest BCUT2D eigenvalue weighted by Gasteiger charge is -2.09. The number of carbonyl (C=O) groups is 1. The number of hydrogen-bond donors (Lipinski definition) is 1.